The summed E-state index contributed by atoms with van der Waals surface area (Å²) in [5.41, 5.74) is 1.97. The first kappa shape index (κ1) is 14.1. The second-order valence-corrected chi connectivity index (χ2v) is 5.61. The summed E-state index contributed by atoms with van der Waals surface area (Å²) in [6.45, 7) is 6.43. The quantitative estimate of drug-likeness (QED) is 0.937. The van der Waals surface area contributed by atoms with Gasteiger partial charge in [0.05, 0.1) is 18.4 Å². The monoisotopic (exact) mass is 287 g/mol. The molecule has 21 heavy (non-hydrogen) atoms. The molecule has 1 unspecified atom stereocenters. The standard InChI is InChI=1S/C16H21N3O2/c1-12(2)18-7-8-19(16(18)20)14-5-3-4-13(10-14)15-11-17-6-9-21-15/h3-5,7-8,10,12,15,17H,6,9,11H2,1-2H3. The van der Waals surface area contributed by atoms with Gasteiger partial charge in [-0.2, -0.15) is 0 Å². The largest absolute Gasteiger partial charge is 0.371 e. The highest BCUT2D eigenvalue weighted by molar-refractivity contribution is 5.37. The van der Waals surface area contributed by atoms with E-state index in [1.165, 1.54) is 0 Å². The van der Waals surface area contributed by atoms with Gasteiger partial charge < -0.3 is 10.1 Å². The highest BCUT2D eigenvalue weighted by Gasteiger charge is 2.16. The minimum atomic E-state index is -0.00941. The van der Waals surface area contributed by atoms with Crippen molar-refractivity contribution in [2.24, 2.45) is 0 Å². The predicted octanol–water partition coefficient (Wildman–Crippen LogP) is 1.88. The first-order valence-corrected chi connectivity index (χ1v) is 7.39. The van der Waals surface area contributed by atoms with Crippen molar-refractivity contribution < 1.29 is 4.74 Å². The van der Waals surface area contributed by atoms with Crippen LogP contribution in [-0.2, 0) is 4.74 Å². The lowest BCUT2D eigenvalue weighted by Gasteiger charge is -2.24. The Kier molecular flexibility index (Phi) is 3.94. The van der Waals surface area contributed by atoms with E-state index in [1.54, 1.807) is 9.13 Å². The van der Waals surface area contributed by atoms with Crippen LogP contribution in [0.4, 0.5) is 0 Å². The van der Waals surface area contributed by atoms with Gasteiger partial charge in [-0.05, 0) is 31.5 Å². The van der Waals surface area contributed by atoms with Crippen molar-refractivity contribution in [1.82, 2.24) is 14.5 Å². The van der Waals surface area contributed by atoms with Crippen molar-refractivity contribution in [3.63, 3.8) is 0 Å². The lowest BCUT2D eigenvalue weighted by atomic mass is 10.1. The number of morpholine rings is 1. The third-order valence-electron chi connectivity index (χ3n) is 3.81. The molecule has 1 aromatic heterocycles. The first-order valence-electron chi connectivity index (χ1n) is 7.39. The summed E-state index contributed by atoms with van der Waals surface area (Å²) in [6, 6.07) is 8.16. The molecule has 0 radical (unpaired) electrons. The minimum Gasteiger partial charge on any atom is -0.371 e. The van der Waals surface area contributed by atoms with Crippen molar-refractivity contribution in [2.75, 3.05) is 19.7 Å². The maximum atomic E-state index is 12.4. The number of hydrogen-bond acceptors (Lipinski definition) is 3. The van der Waals surface area contributed by atoms with Gasteiger partial charge in [0.25, 0.3) is 0 Å². The molecule has 1 fully saturated rings. The summed E-state index contributed by atoms with van der Waals surface area (Å²) < 4.78 is 9.18. The zero-order valence-corrected chi connectivity index (χ0v) is 12.5. The third-order valence-corrected chi connectivity index (χ3v) is 3.81. The molecule has 2 aromatic rings. The summed E-state index contributed by atoms with van der Waals surface area (Å²) >= 11 is 0. The van der Waals surface area contributed by atoms with E-state index in [9.17, 15) is 4.79 Å². The molecule has 112 valence electrons. The molecule has 0 saturated carbocycles. The van der Waals surface area contributed by atoms with Crippen molar-refractivity contribution >= 4 is 0 Å². The Labute approximate surface area is 124 Å². The maximum absolute atomic E-state index is 12.4. The average Bonchev–Trinajstić information content (AvgIpc) is 2.90. The van der Waals surface area contributed by atoms with E-state index in [0.29, 0.717) is 0 Å². The number of nitrogens with one attached hydrogen (secondary N) is 1. The molecule has 5 nitrogen and oxygen atoms in total. The van der Waals surface area contributed by atoms with Crippen LogP contribution in [0.1, 0.15) is 31.6 Å². The van der Waals surface area contributed by atoms with Gasteiger partial charge in [0.15, 0.2) is 0 Å². The van der Waals surface area contributed by atoms with Crippen LogP contribution in [-0.4, -0.2) is 28.8 Å². The maximum Gasteiger partial charge on any atom is 0.332 e. The van der Waals surface area contributed by atoms with Crippen LogP contribution >= 0.6 is 0 Å². The van der Waals surface area contributed by atoms with Crippen LogP contribution in [0.15, 0.2) is 41.5 Å². The van der Waals surface area contributed by atoms with Gasteiger partial charge in [0, 0.05) is 31.5 Å². The third kappa shape index (κ3) is 2.80. The lowest BCUT2D eigenvalue weighted by molar-refractivity contribution is 0.0277. The number of imidazole rings is 1. The van der Waals surface area contributed by atoms with Gasteiger partial charge in [-0.25, -0.2) is 4.79 Å². The Morgan fingerprint density at radius 3 is 2.86 bits per heavy atom. The Hall–Kier alpha value is -1.85. The van der Waals surface area contributed by atoms with E-state index >= 15 is 0 Å². The fourth-order valence-electron chi connectivity index (χ4n) is 2.63. The molecule has 1 atom stereocenters. The van der Waals surface area contributed by atoms with E-state index in [4.69, 9.17) is 4.74 Å². The summed E-state index contributed by atoms with van der Waals surface area (Å²) in [6.07, 6.45) is 3.71. The van der Waals surface area contributed by atoms with Crippen LogP contribution in [0.2, 0.25) is 0 Å². The van der Waals surface area contributed by atoms with Gasteiger partial charge >= 0.3 is 5.69 Å². The number of aromatic nitrogens is 2. The van der Waals surface area contributed by atoms with E-state index in [-0.39, 0.29) is 17.8 Å². The van der Waals surface area contributed by atoms with Gasteiger partial charge in [0.2, 0.25) is 0 Å². The topological polar surface area (TPSA) is 48.2 Å². The number of benzene rings is 1. The van der Waals surface area contributed by atoms with E-state index < -0.39 is 0 Å². The van der Waals surface area contributed by atoms with Crippen molar-refractivity contribution in [3.05, 3.63) is 52.7 Å². The van der Waals surface area contributed by atoms with Crippen LogP contribution in [0.25, 0.3) is 5.69 Å². The Morgan fingerprint density at radius 1 is 1.33 bits per heavy atom. The summed E-state index contributed by atoms with van der Waals surface area (Å²) in [5.74, 6) is 0. The van der Waals surface area contributed by atoms with Gasteiger partial charge in [0.1, 0.15) is 0 Å². The number of nitrogens with zero attached hydrogens (tertiary/aromatic N) is 2. The molecule has 3 rings (SSSR count). The molecule has 1 saturated heterocycles. The van der Waals surface area contributed by atoms with Gasteiger partial charge in [-0.3, -0.25) is 9.13 Å². The van der Waals surface area contributed by atoms with Crippen molar-refractivity contribution in [1.29, 1.82) is 0 Å². The van der Waals surface area contributed by atoms with Crippen molar-refractivity contribution in [2.45, 2.75) is 26.0 Å². The molecule has 5 heteroatoms. The molecular weight excluding hydrogens is 266 g/mol. The summed E-state index contributed by atoms with van der Waals surface area (Å²) in [5, 5.41) is 3.33. The van der Waals surface area contributed by atoms with E-state index in [1.807, 2.05) is 50.5 Å². The second kappa shape index (κ2) is 5.87. The van der Waals surface area contributed by atoms with Crippen LogP contribution < -0.4 is 11.0 Å². The Bertz CT molecular complexity index is 666. The minimum absolute atomic E-state index is 0.00941. The molecule has 0 amide bonds. The lowest BCUT2D eigenvalue weighted by Crippen LogP contribution is -2.33. The van der Waals surface area contributed by atoms with E-state index in [2.05, 4.69) is 5.32 Å². The predicted molar refractivity (Wildman–Crippen MR) is 82.0 cm³/mol. The average molecular weight is 287 g/mol. The molecule has 1 N–H and O–H groups in total. The Balaban J connectivity index is 1.94. The molecule has 1 aromatic carbocycles. The van der Waals surface area contributed by atoms with Gasteiger partial charge in [-0.1, -0.05) is 12.1 Å². The van der Waals surface area contributed by atoms with Crippen LogP contribution in [0.5, 0.6) is 0 Å². The molecule has 0 bridgehead atoms. The van der Waals surface area contributed by atoms with Crippen molar-refractivity contribution in [3.8, 4) is 5.69 Å². The molecule has 1 aliphatic rings. The highest BCUT2D eigenvalue weighted by Crippen LogP contribution is 2.21. The summed E-state index contributed by atoms with van der Waals surface area (Å²) in [4.78, 5) is 12.4. The fourth-order valence-corrected chi connectivity index (χ4v) is 2.63. The zero-order valence-electron chi connectivity index (χ0n) is 12.5. The smallest absolute Gasteiger partial charge is 0.332 e. The normalized spacial score (nSPS) is 19.1. The summed E-state index contributed by atoms with van der Waals surface area (Å²) in [7, 11) is 0. The van der Waals surface area contributed by atoms with Crippen LogP contribution in [0.3, 0.4) is 0 Å². The highest BCUT2D eigenvalue weighted by atomic mass is 16.5. The van der Waals surface area contributed by atoms with E-state index in [0.717, 1.165) is 30.9 Å². The second-order valence-electron chi connectivity index (χ2n) is 5.61. The number of ether oxygens (including phenoxy) is 1. The number of rotatable bonds is 3. The molecule has 0 aliphatic carbocycles. The molecular formula is C16H21N3O2. The van der Waals surface area contributed by atoms with Gasteiger partial charge in [-0.15, -0.1) is 0 Å². The molecule has 1 aliphatic heterocycles. The SMILES string of the molecule is CC(C)n1ccn(-c2cccc(C3CNCCO3)c2)c1=O. The fraction of sp³-hybridized carbons (Fsp3) is 0.438. The molecule has 2 heterocycles. The number of hydrogen-bond donors (Lipinski definition) is 1. The molecule has 0 spiro atoms. The van der Waals surface area contributed by atoms with Crippen LogP contribution in [0, 0.1) is 0 Å². The zero-order chi connectivity index (χ0) is 14.8. The first-order chi connectivity index (χ1) is 10.2. The Morgan fingerprint density at radius 2 is 2.19 bits per heavy atom.